The molecular formula is C19H14F3NO2S. The van der Waals surface area contributed by atoms with Gasteiger partial charge in [0, 0.05) is 11.1 Å². The number of halogens is 3. The predicted molar refractivity (Wildman–Crippen MR) is 93.6 cm³/mol. The Kier molecular flexibility index (Phi) is 3.73. The number of benzene rings is 3. The summed E-state index contributed by atoms with van der Waals surface area (Å²) in [5.41, 5.74) is 1.16. The molecule has 0 bridgehead atoms. The molecule has 3 aromatic carbocycles. The average molecular weight is 377 g/mol. The number of hydrogen-bond acceptors (Lipinski definition) is 2. The zero-order chi connectivity index (χ0) is 18.5. The maximum Gasteiger partial charge on any atom is 0.416 e. The van der Waals surface area contributed by atoms with Crippen LogP contribution in [-0.4, -0.2) is 8.42 Å². The van der Waals surface area contributed by atoms with E-state index in [-0.39, 0.29) is 10.6 Å². The number of hydrogen-bond donors (Lipinski definition) is 1. The second kappa shape index (κ2) is 5.74. The molecule has 7 heteroatoms. The second-order valence-electron chi connectivity index (χ2n) is 6.25. The van der Waals surface area contributed by atoms with Gasteiger partial charge in [-0.3, -0.25) is 4.72 Å². The van der Waals surface area contributed by atoms with Crippen molar-refractivity contribution in [3.8, 4) is 0 Å². The first-order valence-corrected chi connectivity index (χ1v) is 9.47. The Hall–Kier alpha value is -2.54. The summed E-state index contributed by atoms with van der Waals surface area (Å²) >= 11 is 0. The Morgan fingerprint density at radius 1 is 0.885 bits per heavy atom. The molecule has 0 saturated carbocycles. The van der Waals surface area contributed by atoms with E-state index in [1.807, 2.05) is 6.07 Å². The zero-order valence-electron chi connectivity index (χ0n) is 13.5. The first kappa shape index (κ1) is 16.9. The molecule has 0 saturated heterocycles. The van der Waals surface area contributed by atoms with Gasteiger partial charge in [0.2, 0.25) is 0 Å². The smallest absolute Gasteiger partial charge is 0.280 e. The highest BCUT2D eigenvalue weighted by atomic mass is 32.2. The van der Waals surface area contributed by atoms with Gasteiger partial charge in [0.05, 0.1) is 10.5 Å². The summed E-state index contributed by atoms with van der Waals surface area (Å²) < 4.78 is 66.5. The van der Waals surface area contributed by atoms with E-state index >= 15 is 0 Å². The van der Waals surface area contributed by atoms with Gasteiger partial charge >= 0.3 is 6.18 Å². The van der Waals surface area contributed by atoms with Crippen molar-refractivity contribution in [1.82, 2.24) is 0 Å². The van der Waals surface area contributed by atoms with Gasteiger partial charge in [-0.15, -0.1) is 0 Å². The van der Waals surface area contributed by atoms with Crippen molar-refractivity contribution in [3.63, 3.8) is 0 Å². The molecule has 0 aliphatic heterocycles. The largest absolute Gasteiger partial charge is 0.416 e. The van der Waals surface area contributed by atoms with Crippen LogP contribution in [0.2, 0.25) is 0 Å². The molecule has 3 nitrogen and oxygen atoms in total. The van der Waals surface area contributed by atoms with Crippen molar-refractivity contribution < 1.29 is 21.6 Å². The van der Waals surface area contributed by atoms with Crippen LogP contribution < -0.4 is 4.72 Å². The zero-order valence-corrected chi connectivity index (χ0v) is 14.3. The van der Waals surface area contributed by atoms with E-state index in [1.165, 1.54) is 18.2 Å². The minimum atomic E-state index is -4.54. The topological polar surface area (TPSA) is 46.2 Å². The van der Waals surface area contributed by atoms with E-state index in [9.17, 15) is 21.6 Å². The molecule has 0 amide bonds. The first-order chi connectivity index (χ1) is 12.3. The van der Waals surface area contributed by atoms with Gasteiger partial charge in [-0.05, 0) is 53.6 Å². The Morgan fingerprint density at radius 3 is 2.31 bits per heavy atom. The van der Waals surface area contributed by atoms with Crippen LogP contribution in [-0.2, 0) is 29.0 Å². The fourth-order valence-electron chi connectivity index (χ4n) is 3.42. The van der Waals surface area contributed by atoms with Gasteiger partial charge in [0.25, 0.3) is 10.0 Å². The molecule has 3 aromatic rings. The molecule has 0 heterocycles. The molecular weight excluding hydrogens is 363 g/mol. The van der Waals surface area contributed by atoms with Gasteiger partial charge < -0.3 is 0 Å². The standard InChI is InChI=1S/C19H14F3NO2S/c20-19(21,22)14-4-2-5-15(11-14)23-26(24,25)17-10-9-13-8-7-12-3-1-6-16(17)18(12)13/h1-6,9-11,23H,7-8H2. The number of anilines is 1. The van der Waals surface area contributed by atoms with Gasteiger partial charge in [-0.1, -0.05) is 30.3 Å². The molecule has 0 aromatic heterocycles. The third-order valence-electron chi connectivity index (χ3n) is 4.57. The van der Waals surface area contributed by atoms with Crippen LogP contribution in [0.3, 0.4) is 0 Å². The molecule has 1 N–H and O–H groups in total. The lowest BCUT2D eigenvalue weighted by Gasteiger charge is -2.13. The summed E-state index contributed by atoms with van der Waals surface area (Å²) in [6.07, 6.45) is -2.82. The van der Waals surface area contributed by atoms with Crippen molar-refractivity contribution in [2.45, 2.75) is 23.9 Å². The van der Waals surface area contributed by atoms with Crippen LogP contribution in [0.25, 0.3) is 10.8 Å². The Bertz CT molecular complexity index is 1110. The first-order valence-electron chi connectivity index (χ1n) is 7.99. The Balaban J connectivity index is 1.79. The lowest BCUT2D eigenvalue weighted by Crippen LogP contribution is -2.14. The highest BCUT2D eigenvalue weighted by Crippen LogP contribution is 2.36. The van der Waals surface area contributed by atoms with E-state index in [0.717, 1.165) is 41.5 Å². The maximum absolute atomic E-state index is 12.9. The lowest BCUT2D eigenvalue weighted by atomic mass is 10.1. The number of rotatable bonds is 3. The molecule has 4 rings (SSSR count). The number of nitrogens with one attached hydrogen (secondary N) is 1. The molecule has 0 spiro atoms. The van der Waals surface area contributed by atoms with Gasteiger partial charge in [0.15, 0.2) is 0 Å². The normalized spacial score (nSPS) is 14.0. The summed E-state index contributed by atoms with van der Waals surface area (Å²) in [5.74, 6) is 0. The number of sulfonamides is 1. The van der Waals surface area contributed by atoms with Crippen molar-refractivity contribution in [3.05, 3.63) is 71.3 Å². The van der Waals surface area contributed by atoms with E-state index < -0.39 is 21.8 Å². The van der Waals surface area contributed by atoms with Crippen LogP contribution in [0.1, 0.15) is 16.7 Å². The summed E-state index contributed by atoms with van der Waals surface area (Å²) in [6, 6.07) is 13.0. The minimum Gasteiger partial charge on any atom is -0.280 e. The second-order valence-corrected chi connectivity index (χ2v) is 7.90. The molecule has 26 heavy (non-hydrogen) atoms. The van der Waals surface area contributed by atoms with Gasteiger partial charge in [0.1, 0.15) is 0 Å². The van der Waals surface area contributed by atoms with E-state index in [4.69, 9.17) is 0 Å². The predicted octanol–water partition coefficient (Wildman–Crippen LogP) is 4.76. The fourth-order valence-corrected chi connectivity index (χ4v) is 4.68. The molecule has 0 unspecified atom stereocenters. The summed E-state index contributed by atoms with van der Waals surface area (Å²) in [7, 11) is -4.03. The van der Waals surface area contributed by atoms with Crippen LogP contribution in [0.4, 0.5) is 18.9 Å². The molecule has 134 valence electrons. The summed E-state index contributed by atoms with van der Waals surface area (Å²) in [5, 5.41) is 1.52. The van der Waals surface area contributed by atoms with Crippen molar-refractivity contribution in [2.24, 2.45) is 0 Å². The summed E-state index contributed by atoms with van der Waals surface area (Å²) in [4.78, 5) is 0.0670. The highest BCUT2D eigenvalue weighted by molar-refractivity contribution is 7.93. The van der Waals surface area contributed by atoms with Crippen LogP contribution in [0, 0.1) is 0 Å². The quantitative estimate of drug-likeness (QED) is 0.715. The molecule has 0 fully saturated rings. The third-order valence-corrected chi connectivity index (χ3v) is 6.01. The molecule has 0 radical (unpaired) electrons. The molecule has 1 aliphatic rings. The van der Waals surface area contributed by atoms with Crippen LogP contribution in [0.5, 0.6) is 0 Å². The third kappa shape index (κ3) is 2.82. The molecule has 1 aliphatic carbocycles. The molecule has 0 atom stereocenters. The Morgan fingerprint density at radius 2 is 1.58 bits per heavy atom. The van der Waals surface area contributed by atoms with Crippen molar-refractivity contribution in [2.75, 3.05) is 4.72 Å². The minimum absolute atomic E-state index is 0.0670. The van der Waals surface area contributed by atoms with Crippen LogP contribution >= 0.6 is 0 Å². The SMILES string of the molecule is O=S(=O)(Nc1cccc(C(F)(F)F)c1)c1ccc2c3c(cccc13)CC2. The van der Waals surface area contributed by atoms with Crippen LogP contribution in [0.15, 0.2) is 59.5 Å². The Labute approximate surface area is 148 Å². The van der Waals surface area contributed by atoms with Gasteiger partial charge in [-0.25, -0.2) is 8.42 Å². The monoisotopic (exact) mass is 377 g/mol. The average Bonchev–Trinajstić information content (AvgIpc) is 2.99. The van der Waals surface area contributed by atoms with Crippen molar-refractivity contribution in [1.29, 1.82) is 0 Å². The highest BCUT2D eigenvalue weighted by Gasteiger charge is 2.31. The number of alkyl halides is 3. The van der Waals surface area contributed by atoms with Crippen molar-refractivity contribution >= 4 is 26.5 Å². The lowest BCUT2D eigenvalue weighted by molar-refractivity contribution is -0.137. The van der Waals surface area contributed by atoms with Gasteiger partial charge in [-0.2, -0.15) is 13.2 Å². The van der Waals surface area contributed by atoms with E-state index in [1.54, 1.807) is 18.2 Å². The van der Waals surface area contributed by atoms with E-state index in [2.05, 4.69) is 4.72 Å². The van der Waals surface area contributed by atoms with E-state index in [0.29, 0.717) is 5.39 Å². The summed E-state index contributed by atoms with van der Waals surface area (Å²) in [6.45, 7) is 0. The number of aryl methyl sites for hydroxylation is 2. The fraction of sp³-hybridized carbons (Fsp3) is 0.158. The maximum atomic E-state index is 12.9.